The van der Waals surface area contributed by atoms with Crippen molar-refractivity contribution in [2.75, 3.05) is 18.4 Å². The Balaban J connectivity index is 1.43. The normalized spacial score (nSPS) is 14.2. The number of nitrogens with one attached hydrogen (secondary N) is 2. The van der Waals surface area contributed by atoms with E-state index in [4.69, 9.17) is 0 Å². The number of aryl methyl sites for hydroxylation is 1. The average Bonchev–Trinajstić information content (AvgIpc) is 3.43. The molecule has 6 heteroatoms. The molecule has 0 unspecified atom stereocenters. The van der Waals surface area contributed by atoms with Gasteiger partial charge in [0.15, 0.2) is 0 Å². The minimum atomic E-state index is 0.711. The van der Waals surface area contributed by atoms with E-state index in [0.717, 1.165) is 45.6 Å². The Bertz CT molecular complexity index is 1240. The predicted octanol–water partition coefficient (Wildman–Crippen LogP) is 5.01. The number of anilines is 1. The van der Waals surface area contributed by atoms with Crippen molar-refractivity contribution in [1.29, 1.82) is 0 Å². The second-order valence-corrected chi connectivity index (χ2v) is 8.22. The van der Waals surface area contributed by atoms with Crippen molar-refractivity contribution in [3.05, 3.63) is 78.4 Å². The van der Waals surface area contributed by atoms with E-state index in [9.17, 15) is 0 Å². The number of likely N-dealkylation sites (tertiary alicyclic amines) is 1. The third kappa shape index (κ3) is 4.20. The first-order valence-corrected chi connectivity index (χ1v) is 10.7. The van der Waals surface area contributed by atoms with Gasteiger partial charge in [0, 0.05) is 36.1 Å². The highest BCUT2D eigenvalue weighted by Crippen LogP contribution is 2.29. The van der Waals surface area contributed by atoms with Gasteiger partial charge in [-0.1, -0.05) is 12.6 Å². The Kier molecular flexibility index (Phi) is 5.22. The molecule has 1 saturated heterocycles. The minimum Gasteiger partial charge on any atom is -0.339 e. The van der Waals surface area contributed by atoms with Gasteiger partial charge in [-0.05, 0) is 79.9 Å². The highest BCUT2D eigenvalue weighted by molar-refractivity contribution is 5.94. The van der Waals surface area contributed by atoms with Crippen molar-refractivity contribution in [2.45, 2.75) is 26.3 Å². The Morgan fingerprint density at radius 3 is 2.81 bits per heavy atom. The van der Waals surface area contributed by atoms with Crippen LogP contribution in [0.4, 0.5) is 5.82 Å². The van der Waals surface area contributed by atoms with E-state index in [1.807, 2.05) is 31.5 Å². The van der Waals surface area contributed by atoms with Crippen LogP contribution in [0, 0.1) is 6.92 Å². The molecule has 6 nitrogen and oxygen atoms in total. The summed E-state index contributed by atoms with van der Waals surface area (Å²) in [5.41, 5.74) is 7.10. The first kappa shape index (κ1) is 19.5. The van der Waals surface area contributed by atoms with Crippen LogP contribution in [0.3, 0.4) is 0 Å². The summed E-state index contributed by atoms with van der Waals surface area (Å²) in [6.07, 6.45) is 8.28. The lowest BCUT2D eigenvalue weighted by molar-refractivity contribution is 0.331. The Morgan fingerprint density at radius 2 is 1.97 bits per heavy atom. The van der Waals surface area contributed by atoms with Crippen LogP contribution < -0.4 is 5.32 Å². The number of benzene rings is 1. The van der Waals surface area contributed by atoms with Crippen LogP contribution in [0.5, 0.6) is 0 Å². The SMILES string of the molecule is C=C(Nc1cc(C)ccn1)c1n[nH]c2ccc(-c3cncc(CN4CCCC4)c3)cc12. The summed E-state index contributed by atoms with van der Waals surface area (Å²) < 4.78 is 0. The zero-order chi connectivity index (χ0) is 21.2. The van der Waals surface area contributed by atoms with Crippen molar-refractivity contribution in [3.8, 4) is 11.1 Å². The molecule has 31 heavy (non-hydrogen) atoms. The minimum absolute atomic E-state index is 0.711. The fourth-order valence-corrected chi connectivity index (χ4v) is 4.17. The summed E-state index contributed by atoms with van der Waals surface area (Å²) in [4.78, 5) is 11.4. The van der Waals surface area contributed by atoms with Gasteiger partial charge >= 0.3 is 0 Å². The Hall–Kier alpha value is -3.51. The lowest BCUT2D eigenvalue weighted by Gasteiger charge is -2.14. The molecule has 1 aromatic carbocycles. The summed E-state index contributed by atoms with van der Waals surface area (Å²) >= 11 is 0. The van der Waals surface area contributed by atoms with E-state index < -0.39 is 0 Å². The van der Waals surface area contributed by atoms with E-state index in [-0.39, 0.29) is 0 Å². The number of pyridine rings is 2. The molecule has 0 aliphatic carbocycles. The van der Waals surface area contributed by atoms with Gasteiger partial charge in [0.1, 0.15) is 11.5 Å². The number of nitrogens with zero attached hydrogens (tertiary/aromatic N) is 4. The van der Waals surface area contributed by atoms with Gasteiger partial charge in [-0.25, -0.2) is 4.98 Å². The quantitative estimate of drug-likeness (QED) is 0.468. The van der Waals surface area contributed by atoms with E-state index in [2.05, 4.69) is 61.2 Å². The molecule has 4 aromatic rings. The molecule has 5 rings (SSSR count). The van der Waals surface area contributed by atoms with Gasteiger partial charge in [0.05, 0.1) is 11.2 Å². The van der Waals surface area contributed by atoms with E-state index >= 15 is 0 Å². The zero-order valence-corrected chi connectivity index (χ0v) is 17.7. The number of H-pyrrole nitrogens is 1. The van der Waals surface area contributed by atoms with Crippen molar-refractivity contribution < 1.29 is 0 Å². The molecule has 0 spiro atoms. The molecule has 2 N–H and O–H groups in total. The number of hydrogen-bond acceptors (Lipinski definition) is 5. The molecule has 3 aromatic heterocycles. The number of aromatic amines is 1. The van der Waals surface area contributed by atoms with E-state index in [0.29, 0.717) is 5.70 Å². The summed E-state index contributed by atoms with van der Waals surface area (Å²) in [5, 5.41) is 11.9. The van der Waals surface area contributed by atoms with Crippen LogP contribution in [0.2, 0.25) is 0 Å². The fraction of sp³-hybridized carbons (Fsp3) is 0.240. The molecule has 0 saturated carbocycles. The van der Waals surface area contributed by atoms with E-state index in [1.54, 1.807) is 6.20 Å². The number of aromatic nitrogens is 4. The summed E-state index contributed by atoms with van der Waals surface area (Å²) in [5.74, 6) is 0.760. The monoisotopic (exact) mass is 410 g/mol. The molecule has 1 fully saturated rings. The lowest BCUT2D eigenvalue weighted by atomic mass is 10.0. The van der Waals surface area contributed by atoms with Crippen LogP contribution in [0.1, 0.15) is 29.7 Å². The van der Waals surface area contributed by atoms with Crippen molar-refractivity contribution in [1.82, 2.24) is 25.1 Å². The Labute approximate surface area is 182 Å². The molecule has 0 atom stereocenters. The molecule has 1 aliphatic heterocycles. The standard InChI is InChI=1S/C25H26N6/c1-17-7-8-27-24(11-17)28-18(2)25-22-13-20(5-6-23(22)29-30-25)21-12-19(14-26-15-21)16-31-9-3-4-10-31/h5-8,11-15H,2-4,9-10,16H2,1H3,(H,27,28)(H,29,30). The van der Waals surface area contributed by atoms with E-state index in [1.165, 1.54) is 31.5 Å². The predicted molar refractivity (Wildman–Crippen MR) is 125 cm³/mol. The highest BCUT2D eigenvalue weighted by atomic mass is 15.1. The van der Waals surface area contributed by atoms with Crippen LogP contribution in [-0.2, 0) is 6.54 Å². The van der Waals surface area contributed by atoms with Crippen LogP contribution in [0.15, 0.2) is 61.6 Å². The van der Waals surface area contributed by atoms with Crippen molar-refractivity contribution >= 4 is 22.4 Å². The van der Waals surface area contributed by atoms with Gasteiger partial charge in [-0.3, -0.25) is 15.0 Å². The topological polar surface area (TPSA) is 69.7 Å². The third-order valence-corrected chi connectivity index (χ3v) is 5.78. The average molecular weight is 411 g/mol. The smallest absolute Gasteiger partial charge is 0.130 e. The van der Waals surface area contributed by atoms with Crippen molar-refractivity contribution in [2.24, 2.45) is 0 Å². The number of rotatable bonds is 6. The summed E-state index contributed by atoms with van der Waals surface area (Å²) in [6, 6.07) is 12.5. The highest BCUT2D eigenvalue weighted by Gasteiger charge is 2.14. The van der Waals surface area contributed by atoms with Crippen LogP contribution >= 0.6 is 0 Å². The molecular formula is C25H26N6. The summed E-state index contributed by atoms with van der Waals surface area (Å²) in [6.45, 7) is 9.56. The van der Waals surface area contributed by atoms with Gasteiger partial charge in [-0.15, -0.1) is 0 Å². The largest absolute Gasteiger partial charge is 0.339 e. The van der Waals surface area contributed by atoms with Crippen LogP contribution in [0.25, 0.3) is 27.7 Å². The maximum absolute atomic E-state index is 4.50. The maximum Gasteiger partial charge on any atom is 0.130 e. The molecular weight excluding hydrogens is 384 g/mol. The van der Waals surface area contributed by atoms with Gasteiger partial charge in [0.25, 0.3) is 0 Å². The van der Waals surface area contributed by atoms with Crippen molar-refractivity contribution in [3.63, 3.8) is 0 Å². The first-order valence-electron chi connectivity index (χ1n) is 10.7. The first-order chi connectivity index (χ1) is 15.2. The second kappa shape index (κ2) is 8.32. The molecule has 0 radical (unpaired) electrons. The maximum atomic E-state index is 4.50. The molecule has 1 aliphatic rings. The lowest BCUT2D eigenvalue weighted by Crippen LogP contribution is -2.18. The van der Waals surface area contributed by atoms with Crippen LogP contribution in [-0.4, -0.2) is 38.2 Å². The zero-order valence-electron chi connectivity index (χ0n) is 17.7. The number of hydrogen-bond donors (Lipinski definition) is 2. The summed E-state index contributed by atoms with van der Waals surface area (Å²) in [7, 11) is 0. The van der Waals surface area contributed by atoms with Gasteiger partial charge in [0.2, 0.25) is 0 Å². The third-order valence-electron chi connectivity index (χ3n) is 5.78. The molecule has 156 valence electrons. The molecule has 4 heterocycles. The molecule has 0 amide bonds. The second-order valence-electron chi connectivity index (χ2n) is 8.22. The molecule has 0 bridgehead atoms. The van der Waals surface area contributed by atoms with Gasteiger partial charge in [-0.2, -0.15) is 5.10 Å². The number of fused-ring (bicyclic) bond motifs is 1. The fourth-order valence-electron chi connectivity index (χ4n) is 4.17. The Morgan fingerprint density at radius 1 is 1.10 bits per heavy atom. The van der Waals surface area contributed by atoms with Gasteiger partial charge < -0.3 is 5.32 Å².